The van der Waals surface area contributed by atoms with E-state index in [1.165, 1.54) is 0 Å². The molecule has 0 radical (unpaired) electrons. The highest BCUT2D eigenvalue weighted by Crippen LogP contribution is 2.19. The molecule has 0 saturated carbocycles. The van der Waals surface area contributed by atoms with Gasteiger partial charge in [-0.05, 0) is 12.5 Å². The van der Waals surface area contributed by atoms with Gasteiger partial charge in [-0.25, -0.2) is 9.59 Å². The summed E-state index contributed by atoms with van der Waals surface area (Å²) >= 11 is 0. The molecule has 10 nitrogen and oxygen atoms in total. The summed E-state index contributed by atoms with van der Waals surface area (Å²) in [5.74, 6) is -2.91. The minimum atomic E-state index is -1.03. The molecule has 1 heterocycles. The highest BCUT2D eigenvalue weighted by atomic mass is 16.6. The zero-order valence-electron chi connectivity index (χ0n) is 13.2. The lowest BCUT2D eigenvalue weighted by Crippen LogP contribution is -2.35. The molecule has 1 aromatic rings. The second kappa shape index (κ2) is 7.51. The number of carbonyl (C=O) groups is 4. The van der Waals surface area contributed by atoms with E-state index in [9.17, 15) is 29.3 Å². The van der Waals surface area contributed by atoms with Gasteiger partial charge in [0, 0.05) is 25.1 Å². The van der Waals surface area contributed by atoms with Gasteiger partial charge in [-0.15, -0.1) is 0 Å². The van der Waals surface area contributed by atoms with Gasteiger partial charge in [-0.3, -0.25) is 24.6 Å². The molecule has 2 rings (SSSR count). The van der Waals surface area contributed by atoms with Crippen LogP contribution < -0.4 is 0 Å². The Morgan fingerprint density at radius 2 is 1.84 bits per heavy atom. The first-order valence-electron chi connectivity index (χ1n) is 7.21. The first-order chi connectivity index (χ1) is 11.8. The monoisotopic (exact) mass is 350 g/mol. The van der Waals surface area contributed by atoms with E-state index in [1.807, 2.05) is 0 Å². The highest BCUT2D eigenvalue weighted by molar-refractivity contribution is 5.99. The van der Waals surface area contributed by atoms with Crippen LogP contribution in [-0.4, -0.2) is 53.8 Å². The summed E-state index contributed by atoms with van der Waals surface area (Å²) in [6.07, 6.45) is 0.805. The van der Waals surface area contributed by atoms with Crippen LogP contribution in [0.3, 0.4) is 0 Å². The number of hydrogen-bond acceptors (Lipinski definition) is 8. The first kappa shape index (κ1) is 18.0. The summed E-state index contributed by atoms with van der Waals surface area (Å²) in [5.41, 5.74) is -0.990. The lowest BCUT2D eigenvalue weighted by molar-refractivity contribution is -0.384. The van der Waals surface area contributed by atoms with Gasteiger partial charge in [0.2, 0.25) is 5.91 Å². The number of methoxy groups -OCH3 is 1. The van der Waals surface area contributed by atoms with Crippen molar-refractivity contribution in [2.24, 2.45) is 0 Å². The van der Waals surface area contributed by atoms with Crippen molar-refractivity contribution in [2.75, 3.05) is 20.3 Å². The molecular formula is C15H14N2O8. The van der Waals surface area contributed by atoms with Gasteiger partial charge < -0.3 is 9.47 Å². The maximum atomic E-state index is 12.0. The predicted octanol–water partition coefficient (Wildman–Crippen LogP) is 0.687. The smallest absolute Gasteiger partial charge is 0.338 e. The summed E-state index contributed by atoms with van der Waals surface area (Å²) in [6.45, 7) is -0.417. The van der Waals surface area contributed by atoms with Crippen molar-refractivity contribution < 1.29 is 33.6 Å². The number of nitrogens with zero attached hydrogens (tertiary/aromatic N) is 2. The molecule has 0 aromatic heterocycles. The lowest BCUT2D eigenvalue weighted by atomic mass is 10.1. The van der Waals surface area contributed by atoms with Gasteiger partial charge in [0.05, 0.1) is 23.2 Å². The molecule has 1 aromatic carbocycles. The number of rotatable bonds is 5. The Kier molecular flexibility index (Phi) is 5.42. The van der Waals surface area contributed by atoms with Crippen molar-refractivity contribution in [3.8, 4) is 0 Å². The zero-order chi connectivity index (χ0) is 18.6. The van der Waals surface area contributed by atoms with Gasteiger partial charge in [0.15, 0.2) is 6.61 Å². The standard InChI is InChI=1S/C15H14N2O8/c1-24-14(20)9-5-10(7-11(6-9)17(22)23)15(21)25-8-13(19)16-4-2-3-12(16)18/h5-7H,2-4,8H2,1H3. The number of hydrogen-bond donors (Lipinski definition) is 0. The Labute approximate surface area is 141 Å². The van der Waals surface area contributed by atoms with E-state index in [0.717, 1.165) is 30.2 Å². The Bertz CT molecular complexity index is 758. The van der Waals surface area contributed by atoms with E-state index in [4.69, 9.17) is 4.74 Å². The molecule has 25 heavy (non-hydrogen) atoms. The van der Waals surface area contributed by atoms with Crippen LogP contribution in [0, 0.1) is 10.1 Å². The first-order valence-corrected chi connectivity index (χ1v) is 7.21. The maximum absolute atomic E-state index is 12.0. The zero-order valence-corrected chi connectivity index (χ0v) is 13.2. The number of esters is 2. The molecular weight excluding hydrogens is 336 g/mol. The van der Waals surface area contributed by atoms with E-state index in [-0.39, 0.29) is 30.0 Å². The maximum Gasteiger partial charge on any atom is 0.338 e. The van der Waals surface area contributed by atoms with Crippen LogP contribution >= 0.6 is 0 Å². The number of likely N-dealkylation sites (tertiary alicyclic amines) is 1. The van der Waals surface area contributed by atoms with Crippen molar-refractivity contribution in [3.05, 3.63) is 39.4 Å². The van der Waals surface area contributed by atoms with E-state index < -0.39 is 35.1 Å². The molecule has 0 spiro atoms. The molecule has 132 valence electrons. The lowest BCUT2D eigenvalue weighted by Gasteiger charge is -2.13. The fourth-order valence-electron chi connectivity index (χ4n) is 2.27. The van der Waals surface area contributed by atoms with Crippen LogP contribution in [0.1, 0.15) is 33.6 Å². The Morgan fingerprint density at radius 3 is 2.36 bits per heavy atom. The third-order valence-corrected chi connectivity index (χ3v) is 3.49. The molecule has 0 atom stereocenters. The fraction of sp³-hybridized carbons (Fsp3) is 0.333. The van der Waals surface area contributed by atoms with E-state index in [1.54, 1.807) is 0 Å². The summed E-state index contributed by atoms with van der Waals surface area (Å²) in [5, 5.41) is 10.9. The van der Waals surface area contributed by atoms with Gasteiger partial charge >= 0.3 is 11.9 Å². The summed E-state index contributed by atoms with van der Waals surface area (Å²) in [6, 6.07) is 2.93. The molecule has 1 saturated heterocycles. The molecule has 0 N–H and O–H groups in total. The fourth-order valence-corrected chi connectivity index (χ4v) is 2.27. The van der Waals surface area contributed by atoms with Gasteiger partial charge in [0.25, 0.3) is 11.6 Å². The number of nitro groups is 1. The second-order valence-electron chi connectivity index (χ2n) is 5.14. The summed E-state index contributed by atoms with van der Waals surface area (Å²) in [4.78, 5) is 58.0. The van der Waals surface area contributed by atoms with Crippen LogP contribution in [0.5, 0.6) is 0 Å². The van der Waals surface area contributed by atoms with Crippen molar-refractivity contribution in [3.63, 3.8) is 0 Å². The van der Waals surface area contributed by atoms with Gasteiger partial charge in [0.1, 0.15) is 0 Å². The van der Waals surface area contributed by atoms with Gasteiger partial charge in [-0.1, -0.05) is 0 Å². The SMILES string of the molecule is COC(=O)c1cc(C(=O)OCC(=O)N2CCCC2=O)cc([N+](=O)[O-])c1. The predicted molar refractivity (Wildman–Crippen MR) is 80.7 cm³/mol. The number of benzene rings is 1. The topological polar surface area (TPSA) is 133 Å². The molecule has 0 aliphatic carbocycles. The largest absolute Gasteiger partial charge is 0.465 e. The summed E-state index contributed by atoms with van der Waals surface area (Å²) < 4.78 is 9.27. The van der Waals surface area contributed by atoms with Crippen LogP contribution in [-0.2, 0) is 19.1 Å². The van der Waals surface area contributed by atoms with E-state index in [0.29, 0.717) is 6.42 Å². The normalized spacial score (nSPS) is 13.5. The average Bonchev–Trinajstić information content (AvgIpc) is 3.04. The number of ether oxygens (including phenoxy) is 2. The highest BCUT2D eigenvalue weighted by Gasteiger charge is 2.27. The number of carbonyl (C=O) groups excluding carboxylic acids is 4. The minimum absolute atomic E-state index is 0.204. The van der Waals surface area contributed by atoms with Gasteiger partial charge in [-0.2, -0.15) is 0 Å². The molecule has 0 unspecified atom stereocenters. The second-order valence-corrected chi connectivity index (χ2v) is 5.14. The van der Waals surface area contributed by atoms with Crippen LogP contribution in [0.4, 0.5) is 5.69 Å². The molecule has 2 amide bonds. The Balaban J connectivity index is 2.13. The molecule has 1 aliphatic heterocycles. The van der Waals surface area contributed by atoms with Crippen LogP contribution in [0.25, 0.3) is 0 Å². The Morgan fingerprint density at radius 1 is 1.20 bits per heavy atom. The third-order valence-electron chi connectivity index (χ3n) is 3.49. The molecule has 10 heteroatoms. The Hall–Kier alpha value is -3.30. The van der Waals surface area contributed by atoms with Crippen molar-refractivity contribution in [1.29, 1.82) is 0 Å². The van der Waals surface area contributed by atoms with Crippen LogP contribution in [0.2, 0.25) is 0 Å². The quantitative estimate of drug-likeness (QED) is 0.430. The number of amides is 2. The molecule has 0 bridgehead atoms. The van der Waals surface area contributed by atoms with E-state index >= 15 is 0 Å². The number of non-ortho nitro benzene ring substituents is 1. The molecule has 1 aliphatic rings. The van der Waals surface area contributed by atoms with Crippen LogP contribution in [0.15, 0.2) is 18.2 Å². The summed E-state index contributed by atoms with van der Waals surface area (Å²) in [7, 11) is 1.09. The van der Waals surface area contributed by atoms with Crippen molar-refractivity contribution >= 4 is 29.4 Å². The number of imide groups is 1. The average molecular weight is 350 g/mol. The van der Waals surface area contributed by atoms with Crippen molar-refractivity contribution in [2.45, 2.75) is 12.8 Å². The molecule has 1 fully saturated rings. The minimum Gasteiger partial charge on any atom is -0.465 e. The number of nitro benzene ring substituents is 1. The van der Waals surface area contributed by atoms with E-state index in [2.05, 4.69) is 4.74 Å². The van der Waals surface area contributed by atoms with Crippen molar-refractivity contribution in [1.82, 2.24) is 4.90 Å². The third kappa shape index (κ3) is 4.16.